The van der Waals surface area contributed by atoms with Crippen LogP contribution in [0.25, 0.3) is 0 Å². The zero-order valence-corrected chi connectivity index (χ0v) is 24.7. The molecule has 3 aromatic rings. The van der Waals surface area contributed by atoms with Crippen LogP contribution in [0.2, 0.25) is 0 Å². The molecule has 4 aliphatic rings. The van der Waals surface area contributed by atoms with Crippen LogP contribution in [0.5, 0.6) is 0 Å². The van der Waals surface area contributed by atoms with Crippen LogP contribution >= 0.6 is 0 Å². The van der Waals surface area contributed by atoms with E-state index in [1.807, 2.05) is 55.5 Å². The number of unbranched alkanes of at least 4 members (excludes halogenated alkanes) is 1. The average molecular weight is 595 g/mol. The predicted octanol–water partition coefficient (Wildman–Crippen LogP) is 4.80. The Balaban J connectivity index is 1.19. The van der Waals surface area contributed by atoms with Crippen LogP contribution in [-0.4, -0.2) is 53.8 Å². The van der Waals surface area contributed by atoms with Crippen molar-refractivity contribution in [2.75, 3.05) is 18.5 Å². The van der Waals surface area contributed by atoms with Crippen molar-refractivity contribution in [1.29, 1.82) is 0 Å². The van der Waals surface area contributed by atoms with Crippen molar-refractivity contribution in [3.05, 3.63) is 101 Å². The number of carbonyl (C=O) groups excluding carboxylic acids is 5. The number of hydrogen-bond donors (Lipinski definition) is 1. The lowest BCUT2D eigenvalue weighted by atomic mass is 9.55. The number of hydrogen-bond acceptors (Lipinski definition) is 7. The molecule has 3 atom stereocenters. The van der Waals surface area contributed by atoms with Gasteiger partial charge in [-0.15, -0.1) is 0 Å². The molecular weight excluding hydrogens is 560 g/mol. The second-order valence-electron chi connectivity index (χ2n) is 11.4. The molecule has 1 fully saturated rings. The molecule has 9 heteroatoms. The Morgan fingerprint density at radius 1 is 0.773 bits per heavy atom. The Labute approximate surface area is 255 Å². The van der Waals surface area contributed by atoms with Crippen molar-refractivity contribution in [2.45, 2.75) is 51.0 Å². The van der Waals surface area contributed by atoms with Crippen molar-refractivity contribution >= 4 is 35.3 Å². The predicted molar refractivity (Wildman–Crippen MR) is 161 cm³/mol. The first-order valence-electron chi connectivity index (χ1n) is 15.1. The first kappa shape index (κ1) is 29.3. The molecule has 7 rings (SSSR count). The summed E-state index contributed by atoms with van der Waals surface area (Å²) < 4.78 is 10.4. The van der Waals surface area contributed by atoms with Crippen LogP contribution in [-0.2, 0) is 28.7 Å². The van der Waals surface area contributed by atoms with E-state index in [9.17, 15) is 24.0 Å². The van der Waals surface area contributed by atoms with Gasteiger partial charge in [-0.05, 0) is 59.9 Å². The molecule has 0 saturated carbocycles. The zero-order valence-electron chi connectivity index (χ0n) is 24.7. The number of anilines is 1. The Hall–Kier alpha value is -4.79. The fraction of sp³-hybridized carbons (Fsp3) is 0.343. The first-order chi connectivity index (χ1) is 21.3. The maximum Gasteiger partial charge on any atom is 0.338 e. The van der Waals surface area contributed by atoms with Gasteiger partial charge in [0, 0.05) is 17.5 Å². The van der Waals surface area contributed by atoms with Gasteiger partial charge in [0.25, 0.3) is 5.91 Å². The van der Waals surface area contributed by atoms with E-state index in [4.69, 9.17) is 9.47 Å². The summed E-state index contributed by atoms with van der Waals surface area (Å²) in [5, 5.41) is 2.63. The minimum absolute atomic E-state index is 0.248. The number of esters is 2. The summed E-state index contributed by atoms with van der Waals surface area (Å²) in [5.74, 6) is -4.31. The minimum Gasteiger partial charge on any atom is -0.462 e. The van der Waals surface area contributed by atoms with Gasteiger partial charge in [-0.2, -0.15) is 0 Å². The number of carbonyl (C=O) groups is 5. The van der Waals surface area contributed by atoms with E-state index >= 15 is 0 Å². The lowest BCUT2D eigenvalue weighted by Gasteiger charge is -2.45. The van der Waals surface area contributed by atoms with E-state index in [2.05, 4.69) is 5.32 Å². The van der Waals surface area contributed by atoms with Crippen LogP contribution < -0.4 is 5.32 Å². The number of nitrogens with one attached hydrogen (secondary N) is 1. The third-order valence-corrected chi connectivity index (χ3v) is 8.92. The molecule has 0 spiro atoms. The molecule has 2 bridgehead atoms. The van der Waals surface area contributed by atoms with E-state index in [1.165, 1.54) is 12.1 Å². The third-order valence-electron chi connectivity index (χ3n) is 8.92. The Morgan fingerprint density at radius 3 is 1.77 bits per heavy atom. The highest BCUT2D eigenvalue weighted by Crippen LogP contribution is 2.61. The SMILES string of the molecule is CCCC[C@H](C(=O)OCC(=O)Nc1ccc(C(=O)OCC)cc1)N1C(=O)[C@@H]2C3c4ccccc4C(c4ccccc43)[C@@H]2C1=O. The highest BCUT2D eigenvalue weighted by Gasteiger charge is 2.63. The van der Waals surface area contributed by atoms with E-state index in [1.54, 1.807) is 19.1 Å². The molecule has 0 unspecified atom stereocenters. The van der Waals surface area contributed by atoms with E-state index in [0.29, 0.717) is 17.7 Å². The molecule has 1 heterocycles. The summed E-state index contributed by atoms with van der Waals surface area (Å²) in [6.45, 7) is 3.34. The number of likely N-dealkylation sites (tertiary alicyclic amines) is 1. The number of rotatable bonds is 10. The van der Waals surface area contributed by atoms with Crippen molar-refractivity contribution in [2.24, 2.45) is 11.8 Å². The van der Waals surface area contributed by atoms with Crippen LogP contribution in [0.4, 0.5) is 5.69 Å². The van der Waals surface area contributed by atoms with Crippen LogP contribution in [0.1, 0.15) is 77.6 Å². The van der Waals surface area contributed by atoms with Gasteiger partial charge in [-0.25, -0.2) is 9.59 Å². The van der Waals surface area contributed by atoms with E-state index < -0.39 is 42.3 Å². The number of amides is 3. The highest BCUT2D eigenvalue weighted by molar-refractivity contribution is 6.10. The van der Waals surface area contributed by atoms with Crippen molar-refractivity contribution in [3.63, 3.8) is 0 Å². The summed E-state index contributed by atoms with van der Waals surface area (Å²) in [5.41, 5.74) is 4.97. The molecule has 3 amide bonds. The number of imide groups is 1. The quantitative estimate of drug-likeness (QED) is 0.265. The summed E-state index contributed by atoms with van der Waals surface area (Å²) >= 11 is 0. The van der Waals surface area contributed by atoms with E-state index in [-0.39, 0.29) is 36.7 Å². The largest absolute Gasteiger partial charge is 0.462 e. The Kier molecular flexibility index (Phi) is 8.03. The first-order valence-corrected chi connectivity index (χ1v) is 15.1. The molecule has 1 aliphatic heterocycles. The van der Waals surface area contributed by atoms with Crippen molar-refractivity contribution in [1.82, 2.24) is 4.90 Å². The van der Waals surface area contributed by atoms with Crippen molar-refractivity contribution < 1.29 is 33.4 Å². The van der Waals surface area contributed by atoms with Gasteiger partial charge in [0.05, 0.1) is 24.0 Å². The molecule has 0 aromatic heterocycles. The zero-order chi connectivity index (χ0) is 31.0. The number of nitrogens with zero attached hydrogens (tertiary/aromatic N) is 1. The van der Waals surface area contributed by atoms with Gasteiger partial charge >= 0.3 is 11.9 Å². The van der Waals surface area contributed by atoms with Gasteiger partial charge in [0.15, 0.2) is 6.61 Å². The van der Waals surface area contributed by atoms with Crippen molar-refractivity contribution in [3.8, 4) is 0 Å². The standard InChI is InChI=1S/C35H34N2O7/c1-3-5-14-26(35(42)44-19-27(38)36-21-17-15-20(16-18-21)34(41)43-4-2)37-32(39)30-28-22-10-6-7-11-23(22)29(31(30)33(37)40)25-13-9-8-12-24(25)28/h6-13,15-18,26,28-31H,3-5,14,19H2,1-2H3,(H,36,38)/t26-,28?,29?,30-,31+/m1/s1. The third kappa shape index (κ3) is 4.96. The van der Waals surface area contributed by atoms with Gasteiger partial charge < -0.3 is 14.8 Å². The second-order valence-corrected chi connectivity index (χ2v) is 11.4. The molecular formula is C35H34N2O7. The fourth-order valence-corrected chi connectivity index (χ4v) is 7.09. The lowest BCUT2D eigenvalue weighted by molar-refractivity contribution is -0.160. The van der Waals surface area contributed by atoms with Crippen LogP contribution in [0.3, 0.4) is 0 Å². The van der Waals surface area contributed by atoms with Gasteiger partial charge in [0.1, 0.15) is 6.04 Å². The fourth-order valence-electron chi connectivity index (χ4n) is 7.09. The minimum atomic E-state index is -1.12. The summed E-state index contributed by atoms with van der Waals surface area (Å²) in [7, 11) is 0. The van der Waals surface area contributed by atoms with Crippen LogP contribution in [0.15, 0.2) is 72.8 Å². The summed E-state index contributed by atoms with van der Waals surface area (Å²) in [4.78, 5) is 67.4. The smallest absolute Gasteiger partial charge is 0.338 e. The maximum atomic E-state index is 14.1. The highest BCUT2D eigenvalue weighted by atomic mass is 16.5. The molecule has 1 saturated heterocycles. The second kappa shape index (κ2) is 12.1. The molecule has 0 radical (unpaired) electrons. The lowest BCUT2D eigenvalue weighted by Crippen LogP contribution is -2.47. The monoisotopic (exact) mass is 594 g/mol. The molecule has 9 nitrogen and oxygen atoms in total. The molecule has 1 N–H and O–H groups in total. The molecule has 44 heavy (non-hydrogen) atoms. The molecule has 3 aliphatic carbocycles. The molecule has 3 aromatic carbocycles. The molecule has 226 valence electrons. The maximum absolute atomic E-state index is 14.1. The summed E-state index contributed by atoms with van der Waals surface area (Å²) in [6.07, 6.45) is 1.59. The van der Waals surface area contributed by atoms with Gasteiger partial charge in [-0.1, -0.05) is 68.3 Å². The van der Waals surface area contributed by atoms with Crippen LogP contribution in [0, 0.1) is 11.8 Å². The number of benzene rings is 3. The summed E-state index contributed by atoms with van der Waals surface area (Å²) in [6, 6.07) is 21.0. The van der Waals surface area contributed by atoms with E-state index in [0.717, 1.165) is 33.6 Å². The average Bonchev–Trinajstić information content (AvgIpc) is 3.30. The normalized spacial score (nSPS) is 21.6. The Bertz CT molecular complexity index is 1520. The van der Waals surface area contributed by atoms with Gasteiger partial charge in [-0.3, -0.25) is 19.3 Å². The van der Waals surface area contributed by atoms with Gasteiger partial charge in [0.2, 0.25) is 11.8 Å². The topological polar surface area (TPSA) is 119 Å². The Morgan fingerprint density at radius 2 is 1.30 bits per heavy atom. The number of ether oxygens (including phenoxy) is 2.